The molecule has 0 aliphatic carbocycles. The number of aromatic nitrogens is 1. The minimum Gasteiger partial charge on any atom is -0.481 e. The van der Waals surface area contributed by atoms with Crippen LogP contribution in [0.3, 0.4) is 0 Å². The lowest BCUT2D eigenvalue weighted by molar-refractivity contribution is -0.146. The number of para-hydroxylation sites is 1. The molecular weight excluding hydrogens is 306 g/mol. The predicted octanol–water partition coefficient (Wildman–Crippen LogP) is 2.28. The molecule has 1 aliphatic rings. The van der Waals surface area contributed by atoms with E-state index in [1.807, 2.05) is 30.3 Å². The average molecular weight is 327 g/mol. The van der Waals surface area contributed by atoms with Crippen molar-refractivity contribution in [3.63, 3.8) is 0 Å². The summed E-state index contributed by atoms with van der Waals surface area (Å²) in [6.07, 6.45) is 2.94. The fourth-order valence-corrected chi connectivity index (χ4v) is 3.09. The fourth-order valence-electron chi connectivity index (χ4n) is 3.09. The first kappa shape index (κ1) is 16.2. The van der Waals surface area contributed by atoms with E-state index in [4.69, 9.17) is 0 Å². The molecule has 1 unspecified atom stereocenters. The Bertz CT molecular complexity index is 772. The Labute approximate surface area is 140 Å². The van der Waals surface area contributed by atoms with Crippen molar-refractivity contribution in [1.82, 2.24) is 15.2 Å². The SMILES string of the molecule is CC1(C(=O)O)CCN(C(=O)NCCc2cccc3cccnc23)C1. The van der Waals surface area contributed by atoms with Crippen molar-refractivity contribution in [2.24, 2.45) is 5.41 Å². The lowest BCUT2D eigenvalue weighted by Crippen LogP contribution is -2.41. The summed E-state index contributed by atoms with van der Waals surface area (Å²) >= 11 is 0. The highest BCUT2D eigenvalue weighted by Gasteiger charge is 2.42. The molecule has 2 aromatic rings. The van der Waals surface area contributed by atoms with E-state index >= 15 is 0 Å². The zero-order valence-electron chi connectivity index (χ0n) is 13.7. The summed E-state index contributed by atoms with van der Waals surface area (Å²) < 4.78 is 0. The number of rotatable bonds is 4. The second kappa shape index (κ2) is 6.47. The van der Waals surface area contributed by atoms with Crippen molar-refractivity contribution in [3.05, 3.63) is 42.1 Å². The van der Waals surface area contributed by atoms with Gasteiger partial charge in [0.05, 0.1) is 10.9 Å². The molecule has 6 nitrogen and oxygen atoms in total. The number of nitrogens with one attached hydrogen (secondary N) is 1. The van der Waals surface area contributed by atoms with Crippen molar-refractivity contribution in [3.8, 4) is 0 Å². The average Bonchev–Trinajstić information content (AvgIpc) is 2.99. The first-order valence-corrected chi connectivity index (χ1v) is 8.08. The number of carboxylic acid groups (broad SMARTS) is 1. The van der Waals surface area contributed by atoms with E-state index in [0.717, 1.165) is 16.5 Å². The number of hydrogen-bond donors (Lipinski definition) is 2. The lowest BCUT2D eigenvalue weighted by Gasteiger charge is -2.20. The number of urea groups is 1. The molecule has 0 bridgehead atoms. The van der Waals surface area contributed by atoms with Crippen LogP contribution in [-0.2, 0) is 11.2 Å². The summed E-state index contributed by atoms with van der Waals surface area (Å²) in [5, 5.41) is 13.2. The number of benzene rings is 1. The van der Waals surface area contributed by atoms with Crippen molar-refractivity contribution in [2.75, 3.05) is 19.6 Å². The van der Waals surface area contributed by atoms with Crippen LogP contribution in [0.2, 0.25) is 0 Å². The van der Waals surface area contributed by atoms with Gasteiger partial charge in [0.15, 0.2) is 0 Å². The smallest absolute Gasteiger partial charge is 0.317 e. The Morgan fingerprint density at radius 1 is 1.33 bits per heavy atom. The molecule has 1 aromatic heterocycles. The van der Waals surface area contributed by atoms with E-state index in [1.165, 1.54) is 0 Å². The van der Waals surface area contributed by atoms with Gasteiger partial charge in [-0.05, 0) is 31.4 Å². The highest BCUT2D eigenvalue weighted by Crippen LogP contribution is 2.29. The monoisotopic (exact) mass is 327 g/mol. The van der Waals surface area contributed by atoms with Gasteiger partial charge in [-0.25, -0.2) is 4.79 Å². The molecule has 2 N–H and O–H groups in total. The Morgan fingerprint density at radius 2 is 2.12 bits per heavy atom. The predicted molar refractivity (Wildman–Crippen MR) is 90.8 cm³/mol. The van der Waals surface area contributed by atoms with E-state index in [9.17, 15) is 14.7 Å². The summed E-state index contributed by atoms with van der Waals surface area (Å²) in [5.74, 6) is -0.848. The number of hydrogen-bond acceptors (Lipinski definition) is 3. The summed E-state index contributed by atoms with van der Waals surface area (Å²) in [7, 11) is 0. The zero-order valence-corrected chi connectivity index (χ0v) is 13.7. The van der Waals surface area contributed by atoms with Crippen LogP contribution in [0.25, 0.3) is 10.9 Å². The van der Waals surface area contributed by atoms with Gasteiger partial charge in [-0.15, -0.1) is 0 Å². The van der Waals surface area contributed by atoms with Gasteiger partial charge in [0, 0.05) is 31.2 Å². The summed E-state index contributed by atoms with van der Waals surface area (Å²) in [4.78, 5) is 29.5. The first-order valence-electron chi connectivity index (χ1n) is 8.08. The van der Waals surface area contributed by atoms with Crippen LogP contribution in [-0.4, -0.2) is 46.6 Å². The van der Waals surface area contributed by atoms with Crippen LogP contribution in [0, 0.1) is 5.41 Å². The van der Waals surface area contributed by atoms with Crippen LogP contribution in [0.1, 0.15) is 18.9 Å². The second-order valence-corrected chi connectivity index (χ2v) is 6.51. The third-order valence-electron chi connectivity index (χ3n) is 4.66. The van der Waals surface area contributed by atoms with E-state index in [2.05, 4.69) is 10.3 Å². The van der Waals surface area contributed by atoms with Gasteiger partial charge in [0.25, 0.3) is 0 Å². The Morgan fingerprint density at radius 3 is 2.88 bits per heavy atom. The molecule has 3 rings (SSSR count). The maximum Gasteiger partial charge on any atom is 0.317 e. The zero-order chi connectivity index (χ0) is 17.2. The molecule has 24 heavy (non-hydrogen) atoms. The van der Waals surface area contributed by atoms with Crippen molar-refractivity contribution in [1.29, 1.82) is 0 Å². The van der Waals surface area contributed by atoms with E-state index in [-0.39, 0.29) is 12.6 Å². The van der Waals surface area contributed by atoms with Gasteiger partial charge >= 0.3 is 12.0 Å². The van der Waals surface area contributed by atoms with Crippen LogP contribution in [0.15, 0.2) is 36.5 Å². The fraction of sp³-hybridized carbons (Fsp3) is 0.389. The number of fused-ring (bicyclic) bond motifs is 1. The number of aliphatic carboxylic acids is 1. The largest absolute Gasteiger partial charge is 0.481 e. The lowest BCUT2D eigenvalue weighted by atomic mass is 9.90. The van der Waals surface area contributed by atoms with E-state index < -0.39 is 11.4 Å². The minimum atomic E-state index is -0.848. The molecular formula is C18H21N3O3. The van der Waals surface area contributed by atoms with Gasteiger partial charge in [-0.1, -0.05) is 24.3 Å². The molecule has 1 aliphatic heterocycles. The third-order valence-corrected chi connectivity index (χ3v) is 4.66. The van der Waals surface area contributed by atoms with E-state index in [0.29, 0.717) is 25.9 Å². The van der Waals surface area contributed by atoms with Gasteiger partial charge in [0.2, 0.25) is 0 Å². The van der Waals surface area contributed by atoms with Gasteiger partial charge in [0.1, 0.15) is 0 Å². The summed E-state index contributed by atoms with van der Waals surface area (Å²) in [6.45, 7) is 2.91. The van der Waals surface area contributed by atoms with Gasteiger partial charge in [-0.3, -0.25) is 9.78 Å². The van der Waals surface area contributed by atoms with E-state index in [1.54, 1.807) is 18.0 Å². The number of likely N-dealkylation sites (tertiary alicyclic amines) is 1. The summed E-state index contributed by atoms with van der Waals surface area (Å²) in [6, 6.07) is 9.73. The van der Waals surface area contributed by atoms with Gasteiger partial charge < -0.3 is 15.3 Å². The van der Waals surface area contributed by atoms with Crippen LogP contribution >= 0.6 is 0 Å². The molecule has 6 heteroatoms. The molecule has 2 amide bonds. The van der Waals surface area contributed by atoms with Crippen LogP contribution < -0.4 is 5.32 Å². The normalized spacial score (nSPS) is 20.3. The van der Waals surface area contributed by atoms with Crippen LogP contribution in [0.5, 0.6) is 0 Å². The molecule has 1 saturated heterocycles. The highest BCUT2D eigenvalue weighted by atomic mass is 16.4. The minimum absolute atomic E-state index is 0.201. The number of carbonyl (C=O) groups excluding carboxylic acids is 1. The molecule has 0 radical (unpaired) electrons. The topological polar surface area (TPSA) is 82.5 Å². The summed E-state index contributed by atoms with van der Waals surface area (Å²) in [5.41, 5.74) is 1.20. The maximum absolute atomic E-state index is 12.2. The number of amides is 2. The standard InChI is InChI=1S/C18H21N3O3/c1-18(16(22)23)8-11-21(12-18)17(24)20-10-7-14-5-2-4-13-6-3-9-19-15(13)14/h2-6,9H,7-8,10-12H2,1H3,(H,20,24)(H,22,23). The van der Waals surface area contributed by atoms with Crippen molar-refractivity contribution < 1.29 is 14.7 Å². The number of pyridine rings is 1. The molecule has 0 spiro atoms. The Hall–Kier alpha value is -2.63. The van der Waals surface area contributed by atoms with Gasteiger partial charge in [-0.2, -0.15) is 0 Å². The van der Waals surface area contributed by atoms with Crippen molar-refractivity contribution >= 4 is 22.9 Å². The highest BCUT2D eigenvalue weighted by molar-refractivity contribution is 5.82. The molecule has 1 fully saturated rings. The molecule has 0 saturated carbocycles. The van der Waals surface area contributed by atoms with Crippen molar-refractivity contribution in [2.45, 2.75) is 19.8 Å². The molecule has 126 valence electrons. The number of carbonyl (C=O) groups is 2. The van der Waals surface area contributed by atoms with Crippen LogP contribution in [0.4, 0.5) is 4.79 Å². The molecule has 1 aromatic carbocycles. The maximum atomic E-state index is 12.2. The second-order valence-electron chi connectivity index (χ2n) is 6.51. The number of nitrogens with zero attached hydrogens (tertiary/aromatic N) is 2. The number of carboxylic acids is 1. The molecule has 1 atom stereocenters. The Kier molecular flexibility index (Phi) is 4.38. The Balaban J connectivity index is 1.57. The first-order chi connectivity index (χ1) is 11.5. The third kappa shape index (κ3) is 3.18. The molecule has 2 heterocycles. The quantitative estimate of drug-likeness (QED) is 0.902.